The molecule has 1 saturated heterocycles. The molecular weight excluding hydrogens is 1880 g/mol. The maximum Gasteiger partial charge on any atom is 0.258 e. The second-order valence-electron chi connectivity index (χ2n) is 38.1. The minimum Gasteiger partial charge on any atom is -0.443 e. The summed E-state index contributed by atoms with van der Waals surface area (Å²) < 4.78 is 20.8. The van der Waals surface area contributed by atoms with E-state index in [9.17, 15) is 47.9 Å². The fourth-order valence-electron chi connectivity index (χ4n) is 19.5. The number of carbonyl (C=O) groups is 1. The number of rotatable bonds is 6. The van der Waals surface area contributed by atoms with Gasteiger partial charge >= 0.3 is 0 Å². The maximum absolute atomic E-state index is 12.6. The van der Waals surface area contributed by atoms with Crippen molar-refractivity contribution in [3.8, 4) is 22.3 Å². The molecule has 3 N–H and O–H groups in total. The molecule has 29 nitrogen and oxygen atoms in total. The summed E-state index contributed by atoms with van der Waals surface area (Å²) in [6.45, 7) is 13.2. The lowest BCUT2D eigenvalue weighted by atomic mass is 9.99. The fraction of sp³-hybridized carbons (Fsp3) is 0.212. The third kappa shape index (κ3) is 21.6. The molecule has 4 aliphatic heterocycles. The van der Waals surface area contributed by atoms with Gasteiger partial charge < -0.3 is 66.0 Å². The Morgan fingerprint density at radius 3 is 1.50 bits per heavy atom. The summed E-state index contributed by atoms with van der Waals surface area (Å²) in [4.78, 5) is 142. The number of imidazole rings is 1. The average molecular weight is 1990 g/mol. The molecule has 26 rings (SSSR count). The van der Waals surface area contributed by atoms with E-state index in [2.05, 4.69) is 95.8 Å². The van der Waals surface area contributed by atoms with Crippen molar-refractivity contribution >= 4 is 136 Å². The minimum absolute atomic E-state index is 0.0115. The van der Waals surface area contributed by atoms with Gasteiger partial charge in [0.05, 0.1) is 44.0 Å². The van der Waals surface area contributed by atoms with Gasteiger partial charge in [0, 0.05) is 225 Å². The highest BCUT2D eigenvalue weighted by atomic mass is 32.1. The van der Waals surface area contributed by atoms with Crippen molar-refractivity contribution in [2.24, 2.45) is 63.4 Å². The summed E-state index contributed by atoms with van der Waals surface area (Å²) in [6.07, 6.45) is 18.0. The van der Waals surface area contributed by atoms with Gasteiger partial charge in [-0.3, -0.25) is 57.7 Å². The lowest BCUT2D eigenvalue weighted by Crippen LogP contribution is -2.34. The normalized spacial score (nSPS) is 13.0. The van der Waals surface area contributed by atoms with E-state index in [4.69, 9.17) is 4.42 Å². The Kier molecular flexibility index (Phi) is 30.0. The van der Waals surface area contributed by atoms with Crippen LogP contribution in [0.4, 0.5) is 0 Å². The highest BCUT2D eigenvalue weighted by Crippen LogP contribution is 2.33. The highest BCUT2D eigenvalue weighted by Gasteiger charge is 2.25. The number of benzene rings is 10. The molecule has 0 saturated carbocycles. The minimum atomic E-state index is -0.115. The van der Waals surface area contributed by atoms with Crippen LogP contribution in [0.3, 0.4) is 0 Å². The highest BCUT2D eigenvalue weighted by molar-refractivity contribution is 7.16. The van der Waals surface area contributed by atoms with Gasteiger partial charge in [-0.25, -0.2) is 15.0 Å². The lowest BCUT2D eigenvalue weighted by molar-refractivity contribution is 0.0950. The lowest BCUT2D eigenvalue weighted by Gasteiger charge is -2.15. The van der Waals surface area contributed by atoms with E-state index in [-0.39, 0.29) is 55.9 Å². The van der Waals surface area contributed by atoms with Gasteiger partial charge in [0.15, 0.2) is 12.0 Å². The van der Waals surface area contributed by atoms with E-state index >= 15 is 0 Å². The van der Waals surface area contributed by atoms with Crippen molar-refractivity contribution in [3.63, 3.8) is 0 Å². The zero-order valence-corrected chi connectivity index (χ0v) is 85.6. The molecule has 1 fully saturated rings. The SMILES string of the molecule is CN1Cc2c(n(C)c(=O)c3ccccc23)C1.CN1Cc2cc3ccn(C)c(=O)c3cc2C1.Cc1ccc2c(=O)n(C)cc(-c3ccccc3)c2c1.Cc1ccc2c(=O)n(C)cc(C(=O)NCCN3CCCC3)c2c1.Cn1c2c(c3ccccc3c1=O)CNC2.Cn1cc(-c2ccccc2)ccc1=O.Cn1ccc2cc3[nH]cnc3cc2c1=O.Cn1ccc2cc3ncoc3cc2c1=O.Cn1ccc2cc3ncsc3cc2c1=O. The van der Waals surface area contributed by atoms with Crippen LogP contribution in [-0.2, 0) is 103 Å². The Bertz CT molecular complexity index is 9190. The molecule has 0 bridgehead atoms. The van der Waals surface area contributed by atoms with E-state index in [1.54, 1.807) is 152 Å². The van der Waals surface area contributed by atoms with Crippen molar-refractivity contribution in [2.75, 3.05) is 40.3 Å². The summed E-state index contributed by atoms with van der Waals surface area (Å²) in [5.74, 6) is -0.115. The number of hydrogen-bond acceptors (Lipinski definition) is 19. The van der Waals surface area contributed by atoms with Gasteiger partial charge in [-0.15, -0.1) is 11.3 Å². The molecule has 0 atom stereocenters. The maximum atomic E-state index is 12.6. The van der Waals surface area contributed by atoms with E-state index in [1.165, 1.54) is 46.1 Å². The Morgan fingerprint density at radius 1 is 0.385 bits per heavy atom. The Labute approximate surface area is 853 Å². The van der Waals surface area contributed by atoms with Gasteiger partial charge in [-0.2, -0.15) is 0 Å². The van der Waals surface area contributed by atoms with E-state index in [0.29, 0.717) is 33.8 Å². The number of H-pyrrole nitrogens is 1. The number of oxazole rings is 1. The van der Waals surface area contributed by atoms with Crippen LogP contribution in [0.5, 0.6) is 0 Å². The van der Waals surface area contributed by atoms with Crippen molar-refractivity contribution in [1.29, 1.82) is 0 Å². The summed E-state index contributed by atoms with van der Waals surface area (Å²) in [5.41, 5.74) is 21.0. The van der Waals surface area contributed by atoms with Crippen molar-refractivity contribution in [2.45, 2.75) is 66.0 Å². The molecule has 0 unspecified atom stereocenters. The number of carbonyl (C=O) groups excluding carboxylic acids is 1. The van der Waals surface area contributed by atoms with Crippen LogP contribution in [0.1, 0.15) is 68.0 Å². The fourth-order valence-corrected chi connectivity index (χ4v) is 20.2. The number of thiazole rings is 1. The monoisotopic (exact) mass is 1990 g/mol. The molecule has 0 spiro atoms. The van der Waals surface area contributed by atoms with Crippen LogP contribution in [-0.4, -0.2) is 122 Å². The van der Waals surface area contributed by atoms with Crippen molar-refractivity contribution < 1.29 is 9.21 Å². The number of nitrogens with one attached hydrogen (secondary N) is 3. The van der Waals surface area contributed by atoms with Crippen LogP contribution < -0.4 is 60.7 Å². The van der Waals surface area contributed by atoms with Gasteiger partial charge in [0.2, 0.25) is 5.56 Å². The quantitative estimate of drug-likeness (QED) is 0.139. The van der Waals surface area contributed by atoms with Gasteiger partial charge in [-0.1, -0.05) is 132 Å². The predicted octanol–water partition coefficient (Wildman–Crippen LogP) is 16.6. The molecule has 12 aromatic heterocycles. The average Bonchev–Trinajstić information content (AvgIpc) is 1.63. The zero-order chi connectivity index (χ0) is 104. The first kappa shape index (κ1) is 101. The summed E-state index contributed by atoms with van der Waals surface area (Å²) in [5, 5.41) is 20.0. The molecule has 10 aromatic carbocycles. The van der Waals surface area contributed by atoms with Crippen LogP contribution in [0.2, 0.25) is 0 Å². The molecule has 0 radical (unpaired) electrons. The molecule has 0 aliphatic carbocycles. The van der Waals surface area contributed by atoms with Crippen LogP contribution in [0, 0.1) is 13.8 Å². The Morgan fingerprint density at radius 2 is 0.885 bits per heavy atom. The smallest absolute Gasteiger partial charge is 0.258 e. The third-order valence-electron chi connectivity index (χ3n) is 27.6. The second kappa shape index (κ2) is 43.9. The van der Waals surface area contributed by atoms with Gasteiger partial charge in [0.1, 0.15) is 5.52 Å². The van der Waals surface area contributed by atoms with Crippen LogP contribution >= 0.6 is 11.3 Å². The summed E-state index contributed by atoms with van der Waals surface area (Å²) in [6, 6.07) is 74.1. The van der Waals surface area contributed by atoms with E-state index in [1.807, 2.05) is 222 Å². The number of pyridine rings is 9. The summed E-state index contributed by atoms with van der Waals surface area (Å²) >= 11 is 1.56. The Hall–Kier alpha value is -17.0. The topological polar surface area (TPSA) is 316 Å². The number of aromatic amines is 1. The third-order valence-corrected chi connectivity index (χ3v) is 28.4. The molecule has 4 aliphatic rings. The predicted molar refractivity (Wildman–Crippen MR) is 595 cm³/mol. The number of nitrogens with zero attached hydrogens (tertiary/aromatic N) is 15. The molecule has 1 amide bonds. The molecule has 748 valence electrons. The number of fused-ring (bicyclic) bond motifs is 16. The first-order chi connectivity index (χ1) is 71.4. The van der Waals surface area contributed by atoms with Gasteiger partial charge in [-0.05, 0) is 234 Å². The van der Waals surface area contributed by atoms with E-state index in [0.717, 1.165) is 200 Å². The van der Waals surface area contributed by atoms with E-state index < -0.39 is 0 Å². The molecular formula is C118H114N18O11S. The second-order valence-corrected chi connectivity index (χ2v) is 38.9. The summed E-state index contributed by atoms with van der Waals surface area (Å²) in [7, 11) is 20.2. The number of hydrogen-bond donors (Lipinski definition) is 3. The first-order valence-corrected chi connectivity index (χ1v) is 49.7. The largest absolute Gasteiger partial charge is 0.443 e. The Balaban J connectivity index is 0.000000109. The number of amides is 1. The number of likely N-dealkylation sites (tertiary alicyclic amines) is 1. The standard InChI is InChI=1S/C18H23N3O2.C17H15NO.2C13H14N2O.C12H12N2O.C12H11NO.C11H9N3O.C11H8N2O2.C11H8N2OS/c1-13-5-6-14-15(11-13)16(12-20(2)18(14)23)17(22)19-7-10-21-8-3-4-9-21;1-12-8-9-14-15(10-12)16(11-18(2)17(14)19)13-6-4-3-5-7-13;1-14-7-10-5-9-3-4-15(2)13(16)12(9)6-11(10)8-14;1-14-7-11-9-5-3-4-6-10(9)13(16)15(2)12(11)8-14;1-14-11-7-13-6-10(11)8-4-2-3-5-9(8)12(14)15;1-13-9-11(7-8-12(13)14)10-5-3-2-4-6-10;1-14-3-2-7-4-9-10(13-6-12-9)5-8(7)11(14)15;2*1-13-3-2-7-4-9-10(15-6-12-9)5-8(7)11(13)14/h5-6,11-12H,3-4,7-10H2,1-2H3,(H,19,22);3-11H,1-2H3;2*3-6H,7-8H2,1-2H3;2-5,13H,6-7H2,1H3;2-9H,1H3;2-6H,1H3,(H,12,13);2*2-6H,1H3. The number of aromatic nitrogens is 13. The number of aryl methyl sites for hydroxylation is 9. The van der Waals surface area contributed by atoms with Crippen LogP contribution in [0.25, 0.3) is 141 Å². The van der Waals surface area contributed by atoms with Crippen molar-refractivity contribution in [3.05, 3.63) is 436 Å². The zero-order valence-electron chi connectivity index (χ0n) is 84.8. The first-order valence-electron chi connectivity index (χ1n) is 48.8. The molecule has 30 heteroatoms. The van der Waals surface area contributed by atoms with Gasteiger partial charge in [0.25, 0.3) is 50.4 Å². The molecule has 16 heterocycles. The van der Waals surface area contributed by atoms with Crippen LogP contribution in [0.15, 0.2) is 340 Å². The molecule has 148 heavy (non-hydrogen) atoms. The molecule has 22 aromatic rings. The van der Waals surface area contributed by atoms with Crippen molar-refractivity contribution in [1.82, 2.24) is 86.4 Å².